The molecule has 1 atom stereocenters. The monoisotopic (exact) mass is 573 g/mol. The SMILES string of the molecule is CCC(Sc1cccc(NC(=O)/C(=C/c2ccco2)NC(=O)c2ccccc2)c1)C(=O)Nc1cccc(Cl)c1C. The van der Waals surface area contributed by atoms with Crippen molar-refractivity contribution < 1.29 is 18.8 Å². The largest absolute Gasteiger partial charge is 0.465 e. The first-order valence-corrected chi connectivity index (χ1v) is 13.9. The van der Waals surface area contributed by atoms with Crippen molar-refractivity contribution in [1.29, 1.82) is 0 Å². The third-order valence-corrected chi connectivity index (χ3v) is 7.69. The summed E-state index contributed by atoms with van der Waals surface area (Å²) in [5, 5.41) is 8.69. The summed E-state index contributed by atoms with van der Waals surface area (Å²) in [7, 11) is 0. The maximum atomic E-state index is 13.2. The number of benzene rings is 3. The number of anilines is 2. The molecule has 3 aromatic carbocycles. The molecular formula is C31H28ClN3O4S. The quantitative estimate of drug-likeness (QED) is 0.138. The molecule has 1 unspecified atom stereocenters. The van der Waals surface area contributed by atoms with Crippen LogP contribution in [0.2, 0.25) is 5.02 Å². The van der Waals surface area contributed by atoms with E-state index in [9.17, 15) is 14.4 Å². The highest BCUT2D eigenvalue weighted by Gasteiger charge is 2.20. The standard InChI is InChI=1S/C31H28ClN3O4S/c1-3-28(31(38)34-26-16-8-15-25(32)20(26)2)40-24-14-7-12-22(18-24)33-30(37)27(19-23-13-9-17-39-23)35-29(36)21-10-5-4-6-11-21/h4-19,28H,3H2,1-2H3,(H,33,37)(H,34,38)(H,35,36)/b27-19-. The third kappa shape index (κ3) is 7.65. The number of nitrogens with one attached hydrogen (secondary N) is 3. The molecule has 9 heteroatoms. The zero-order valence-corrected chi connectivity index (χ0v) is 23.5. The van der Waals surface area contributed by atoms with Gasteiger partial charge < -0.3 is 20.4 Å². The predicted octanol–water partition coefficient (Wildman–Crippen LogP) is 7.16. The summed E-state index contributed by atoms with van der Waals surface area (Å²) in [6.45, 7) is 3.80. The van der Waals surface area contributed by atoms with Gasteiger partial charge in [-0.2, -0.15) is 0 Å². The van der Waals surface area contributed by atoms with Crippen LogP contribution in [0.1, 0.15) is 35.0 Å². The third-order valence-electron chi connectivity index (χ3n) is 5.92. The molecular weight excluding hydrogens is 546 g/mol. The molecule has 4 rings (SSSR count). The zero-order valence-electron chi connectivity index (χ0n) is 21.9. The molecule has 3 amide bonds. The second-order valence-electron chi connectivity index (χ2n) is 8.79. The van der Waals surface area contributed by atoms with E-state index in [1.54, 1.807) is 72.8 Å². The van der Waals surface area contributed by atoms with Crippen LogP contribution in [0.4, 0.5) is 11.4 Å². The van der Waals surface area contributed by atoms with E-state index in [2.05, 4.69) is 16.0 Å². The van der Waals surface area contributed by atoms with Crippen LogP contribution < -0.4 is 16.0 Å². The lowest BCUT2D eigenvalue weighted by molar-refractivity contribution is -0.116. The van der Waals surface area contributed by atoms with Gasteiger partial charge in [0.2, 0.25) is 5.91 Å². The summed E-state index contributed by atoms with van der Waals surface area (Å²) in [6.07, 6.45) is 3.54. The van der Waals surface area contributed by atoms with E-state index >= 15 is 0 Å². The minimum atomic E-state index is -0.524. The normalized spacial score (nSPS) is 11.9. The zero-order chi connectivity index (χ0) is 28.5. The van der Waals surface area contributed by atoms with Crippen LogP contribution in [0.3, 0.4) is 0 Å². The van der Waals surface area contributed by atoms with Crippen LogP contribution in [0.15, 0.2) is 106 Å². The first-order chi connectivity index (χ1) is 19.3. The molecule has 0 spiro atoms. The first kappa shape index (κ1) is 28.7. The number of amides is 3. The molecule has 204 valence electrons. The number of hydrogen-bond acceptors (Lipinski definition) is 5. The average molecular weight is 574 g/mol. The second-order valence-corrected chi connectivity index (χ2v) is 10.5. The number of rotatable bonds is 10. The molecule has 7 nitrogen and oxygen atoms in total. The van der Waals surface area contributed by atoms with E-state index in [0.717, 1.165) is 10.5 Å². The van der Waals surface area contributed by atoms with E-state index in [1.807, 2.05) is 26.0 Å². The molecule has 1 aromatic heterocycles. The molecule has 0 radical (unpaired) electrons. The Morgan fingerprint density at radius 1 is 0.950 bits per heavy atom. The fraction of sp³-hybridized carbons (Fsp3) is 0.129. The minimum Gasteiger partial charge on any atom is -0.465 e. The van der Waals surface area contributed by atoms with Gasteiger partial charge in [0.25, 0.3) is 11.8 Å². The van der Waals surface area contributed by atoms with Crippen LogP contribution >= 0.6 is 23.4 Å². The molecule has 1 heterocycles. The molecule has 3 N–H and O–H groups in total. The second kappa shape index (κ2) is 13.7. The van der Waals surface area contributed by atoms with E-state index in [4.69, 9.17) is 16.0 Å². The summed E-state index contributed by atoms with van der Waals surface area (Å²) >= 11 is 7.59. The van der Waals surface area contributed by atoms with Gasteiger partial charge in [0, 0.05) is 32.9 Å². The van der Waals surface area contributed by atoms with Gasteiger partial charge in [-0.15, -0.1) is 11.8 Å². The van der Waals surface area contributed by atoms with Gasteiger partial charge in [-0.25, -0.2) is 0 Å². The minimum absolute atomic E-state index is 0.0181. The first-order valence-electron chi connectivity index (χ1n) is 12.6. The smallest absolute Gasteiger partial charge is 0.272 e. The van der Waals surface area contributed by atoms with Crippen molar-refractivity contribution >= 4 is 58.5 Å². The van der Waals surface area contributed by atoms with Crippen LogP contribution in [0.25, 0.3) is 6.08 Å². The summed E-state index contributed by atoms with van der Waals surface area (Å²) < 4.78 is 5.35. The number of carbonyl (C=O) groups excluding carboxylic acids is 3. The maximum Gasteiger partial charge on any atom is 0.272 e. The molecule has 0 saturated heterocycles. The van der Waals surface area contributed by atoms with Gasteiger partial charge in [0.1, 0.15) is 11.5 Å². The number of thioether (sulfide) groups is 1. The van der Waals surface area contributed by atoms with Crippen molar-refractivity contribution in [1.82, 2.24) is 5.32 Å². The van der Waals surface area contributed by atoms with Crippen molar-refractivity contribution in [3.8, 4) is 0 Å². The van der Waals surface area contributed by atoms with E-state index in [0.29, 0.717) is 34.1 Å². The molecule has 0 aliphatic rings. The van der Waals surface area contributed by atoms with Gasteiger partial charge in [-0.1, -0.05) is 48.9 Å². The molecule has 0 saturated carbocycles. The summed E-state index contributed by atoms with van der Waals surface area (Å²) in [5.41, 5.74) is 2.42. The van der Waals surface area contributed by atoms with Crippen molar-refractivity contribution in [3.05, 3.63) is 119 Å². The lowest BCUT2D eigenvalue weighted by Crippen LogP contribution is -2.30. The van der Waals surface area contributed by atoms with Gasteiger partial charge in [0.05, 0.1) is 11.5 Å². The van der Waals surface area contributed by atoms with Crippen LogP contribution in [0, 0.1) is 6.92 Å². The topological polar surface area (TPSA) is 100 Å². The van der Waals surface area contributed by atoms with Crippen molar-refractivity contribution in [3.63, 3.8) is 0 Å². The number of furan rings is 1. The highest BCUT2D eigenvalue weighted by atomic mass is 35.5. The Kier molecular flexibility index (Phi) is 9.83. The van der Waals surface area contributed by atoms with Gasteiger partial charge in [-0.3, -0.25) is 14.4 Å². The van der Waals surface area contributed by atoms with Gasteiger partial charge in [0.15, 0.2) is 0 Å². The Morgan fingerprint density at radius 3 is 2.45 bits per heavy atom. The van der Waals surface area contributed by atoms with Crippen molar-refractivity contribution in [2.24, 2.45) is 0 Å². The highest BCUT2D eigenvalue weighted by molar-refractivity contribution is 8.00. The molecule has 4 aromatic rings. The van der Waals surface area contributed by atoms with Crippen LogP contribution in [-0.4, -0.2) is 23.0 Å². The highest BCUT2D eigenvalue weighted by Crippen LogP contribution is 2.30. The van der Waals surface area contributed by atoms with Crippen LogP contribution in [0.5, 0.6) is 0 Å². The van der Waals surface area contributed by atoms with E-state index in [-0.39, 0.29) is 16.9 Å². The summed E-state index contributed by atoms with van der Waals surface area (Å²) in [6, 6.07) is 24.6. The fourth-order valence-electron chi connectivity index (χ4n) is 3.75. The van der Waals surface area contributed by atoms with Crippen LogP contribution in [-0.2, 0) is 9.59 Å². The number of halogens is 1. The molecule has 0 aliphatic heterocycles. The summed E-state index contributed by atoms with van der Waals surface area (Å²) in [5.74, 6) is -0.678. The van der Waals surface area contributed by atoms with Crippen molar-refractivity contribution in [2.45, 2.75) is 30.4 Å². The van der Waals surface area contributed by atoms with Crippen molar-refractivity contribution in [2.75, 3.05) is 10.6 Å². The molecule has 0 bridgehead atoms. The number of carbonyl (C=O) groups is 3. The van der Waals surface area contributed by atoms with E-state index < -0.39 is 11.8 Å². The summed E-state index contributed by atoms with van der Waals surface area (Å²) in [4.78, 5) is 39.9. The fourth-order valence-corrected chi connectivity index (χ4v) is 4.93. The van der Waals surface area contributed by atoms with Gasteiger partial charge >= 0.3 is 0 Å². The Hall–Kier alpha value is -4.27. The number of hydrogen-bond donors (Lipinski definition) is 3. The molecule has 40 heavy (non-hydrogen) atoms. The maximum absolute atomic E-state index is 13.2. The predicted molar refractivity (Wildman–Crippen MR) is 160 cm³/mol. The Labute approximate surface area is 242 Å². The lowest BCUT2D eigenvalue weighted by Gasteiger charge is -2.17. The lowest BCUT2D eigenvalue weighted by atomic mass is 10.2. The molecule has 0 fully saturated rings. The van der Waals surface area contributed by atoms with E-state index in [1.165, 1.54) is 24.1 Å². The molecule has 0 aliphatic carbocycles. The van der Waals surface area contributed by atoms with Gasteiger partial charge in [-0.05, 0) is 73.5 Å². The Balaban J connectivity index is 1.47. The Morgan fingerprint density at radius 2 is 1.73 bits per heavy atom. The average Bonchev–Trinajstić information content (AvgIpc) is 3.47. The Bertz CT molecular complexity index is 1520.